The van der Waals surface area contributed by atoms with Gasteiger partial charge in [-0.05, 0) is 36.6 Å². The lowest BCUT2D eigenvalue weighted by atomic mass is 10.0. The molecule has 4 heteroatoms. The number of carbonyl (C=O) groups is 1. The molecule has 0 saturated heterocycles. The number of ketones is 1. The van der Waals surface area contributed by atoms with Gasteiger partial charge in [-0.15, -0.1) is 0 Å². The minimum Gasteiger partial charge on any atom is -0.292 e. The summed E-state index contributed by atoms with van der Waals surface area (Å²) in [6.07, 6.45) is 4.88. The van der Waals surface area contributed by atoms with Gasteiger partial charge in [0.25, 0.3) is 0 Å². The third-order valence-electron chi connectivity index (χ3n) is 3.61. The molecule has 0 aliphatic heterocycles. The molecular weight excluding hydrogens is 262 g/mol. The SMILES string of the molecule is Cc1cc(C(=O)CCc2cnn(C)c2)nc2ccccc12. The molecule has 3 aromatic rings. The summed E-state index contributed by atoms with van der Waals surface area (Å²) in [6.45, 7) is 2.02. The van der Waals surface area contributed by atoms with E-state index < -0.39 is 0 Å². The van der Waals surface area contributed by atoms with E-state index in [9.17, 15) is 4.79 Å². The molecule has 0 aliphatic rings. The van der Waals surface area contributed by atoms with Crippen molar-refractivity contribution in [3.05, 3.63) is 59.5 Å². The van der Waals surface area contributed by atoms with Crippen LogP contribution in [-0.2, 0) is 13.5 Å². The quantitative estimate of drug-likeness (QED) is 0.689. The van der Waals surface area contributed by atoms with Crippen LogP contribution in [0.2, 0.25) is 0 Å². The van der Waals surface area contributed by atoms with Crippen molar-refractivity contribution in [1.82, 2.24) is 14.8 Å². The van der Waals surface area contributed by atoms with Crippen LogP contribution in [0.4, 0.5) is 0 Å². The lowest BCUT2D eigenvalue weighted by Crippen LogP contribution is -2.04. The van der Waals surface area contributed by atoms with Crippen LogP contribution in [0.5, 0.6) is 0 Å². The van der Waals surface area contributed by atoms with E-state index in [0.29, 0.717) is 18.5 Å². The number of rotatable bonds is 4. The topological polar surface area (TPSA) is 47.8 Å². The number of carbonyl (C=O) groups excluding carboxylic acids is 1. The lowest BCUT2D eigenvalue weighted by Gasteiger charge is -2.05. The third kappa shape index (κ3) is 2.84. The number of fused-ring (bicyclic) bond motifs is 1. The fraction of sp³-hybridized carbons (Fsp3) is 0.235. The number of aromatic nitrogens is 3. The van der Waals surface area contributed by atoms with Crippen molar-refractivity contribution in [3.8, 4) is 0 Å². The Balaban J connectivity index is 1.81. The molecule has 0 aliphatic carbocycles. The summed E-state index contributed by atoms with van der Waals surface area (Å²) in [6, 6.07) is 9.79. The van der Waals surface area contributed by atoms with Gasteiger partial charge < -0.3 is 0 Å². The highest BCUT2D eigenvalue weighted by atomic mass is 16.1. The Hall–Kier alpha value is -2.49. The molecule has 21 heavy (non-hydrogen) atoms. The maximum atomic E-state index is 12.3. The van der Waals surface area contributed by atoms with Gasteiger partial charge in [0.1, 0.15) is 5.69 Å². The molecule has 2 aromatic heterocycles. The second kappa shape index (κ2) is 5.48. The first kappa shape index (κ1) is 13.5. The van der Waals surface area contributed by atoms with E-state index in [1.807, 2.05) is 50.5 Å². The van der Waals surface area contributed by atoms with Gasteiger partial charge in [-0.2, -0.15) is 5.10 Å². The number of hydrogen-bond acceptors (Lipinski definition) is 3. The maximum absolute atomic E-state index is 12.3. The molecule has 0 bridgehead atoms. The van der Waals surface area contributed by atoms with Crippen molar-refractivity contribution in [2.75, 3.05) is 0 Å². The highest BCUT2D eigenvalue weighted by Crippen LogP contribution is 2.18. The minimum atomic E-state index is 0.0766. The Morgan fingerprint density at radius 2 is 2.10 bits per heavy atom. The van der Waals surface area contributed by atoms with Gasteiger partial charge in [0.2, 0.25) is 0 Å². The number of aryl methyl sites for hydroxylation is 3. The highest BCUT2D eigenvalue weighted by molar-refractivity contribution is 5.97. The van der Waals surface area contributed by atoms with Crippen molar-refractivity contribution < 1.29 is 4.79 Å². The summed E-state index contributed by atoms with van der Waals surface area (Å²) < 4.78 is 1.75. The Morgan fingerprint density at radius 1 is 1.29 bits per heavy atom. The molecule has 0 N–H and O–H groups in total. The molecule has 0 saturated carbocycles. The van der Waals surface area contributed by atoms with E-state index in [1.54, 1.807) is 10.9 Å². The first-order valence-corrected chi connectivity index (χ1v) is 7.00. The van der Waals surface area contributed by atoms with Crippen molar-refractivity contribution in [2.45, 2.75) is 19.8 Å². The zero-order chi connectivity index (χ0) is 14.8. The molecular formula is C17H17N3O. The number of para-hydroxylation sites is 1. The molecule has 0 unspecified atom stereocenters. The number of pyridine rings is 1. The average Bonchev–Trinajstić information content (AvgIpc) is 2.90. The zero-order valence-corrected chi connectivity index (χ0v) is 12.2. The number of Topliss-reactive ketones (excluding diaryl/α,β-unsaturated/α-hetero) is 1. The largest absolute Gasteiger partial charge is 0.292 e. The van der Waals surface area contributed by atoms with Gasteiger partial charge in [0.15, 0.2) is 5.78 Å². The van der Waals surface area contributed by atoms with E-state index >= 15 is 0 Å². The van der Waals surface area contributed by atoms with Gasteiger partial charge in [0.05, 0.1) is 11.7 Å². The average molecular weight is 279 g/mol. The predicted molar refractivity (Wildman–Crippen MR) is 82.3 cm³/mol. The molecule has 0 fully saturated rings. The van der Waals surface area contributed by atoms with E-state index in [2.05, 4.69) is 10.1 Å². The summed E-state index contributed by atoms with van der Waals surface area (Å²) in [5.74, 6) is 0.0766. The predicted octanol–water partition coefficient (Wildman–Crippen LogP) is 3.09. The number of benzene rings is 1. The highest BCUT2D eigenvalue weighted by Gasteiger charge is 2.11. The standard InChI is InChI=1S/C17H17N3O/c1-12-9-16(19-15-6-4-3-5-14(12)15)17(21)8-7-13-10-18-20(2)11-13/h3-6,9-11H,7-8H2,1-2H3. The summed E-state index contributed by atoms with van der Waals surface area (Å²) in [4.78, 5) is 16.8. The molecule has 0 radical (unpaired) electrons. The monoisotopic (exact) mass is 279 g/mol. The van der Waals surface area contributed by atoms with E-state index in [1.165, 1.54) is 0 Å². The van der Waals surface area contributed by atoms with Crippen LogP contribution >= 0.6 is 0 Å². The molecule has 0 amide bonds. The molecule has 2 heterocycles. The van der Waals surface area contributed by atoms with Crippen LogP contribution in [0.3, 0.4) is 0 Å². The molecule has 3 rings (SSSR count). The second-order valence-corrected chi connectivity index (χ2v) is 5.29. The summed E-state index contributed by atoms with van der Waals surface area (Å²) in [7, 11) is 1.87. The summed E-state index contributed by atoms with van der Waals surface area (Å²) in [5, 5.41) is 5.21. The van der Waals surface area contributed by atoms with Gasteiger partial charge in [-0.25, -0.2) is 4.98 Å². The van der Waals surface area contributed by atoms with Gasteiger partial charge in [-0.1, -0.05) is 18.2 Å². The molecule has 4 nitrogen and oxygen atoms in total. The summed E-state index contributed by atoms with van der Waals surface area (Å²) in [5.41, 5.74) is 3.59. The zero-order valence-electron chi connectivity index (χ0n) is 12.2. The molecule has 106 valence electrons. The van der Waals surface area contributed by atoms with Crippen LogP contribution < -0.4 is 0 Å². The van der Waals surface area contributed by atoms with Crippen molar-refractivity contribution in [2.24, 2.45) is 7.05 Å². The van der Waals surface area contributed by atoms with E-state index in [-0.39, 0.29) is 5.78 Å². The third-order valence-corrected chi connectivity index (χ3v) is 3.61. The lowest BCUT2D eigenvalue weighted by molar-refractivity contribution is 0.0978. The first-order chi connectivity index (χ1) is 10.1. The van der Waals surface area contributed by atoms with Crippen LogP contribution in [0.25, 0.3) is 10.9 Å². The Morgan fingerprint density at radius 3 is 2.86 bits per heavy atom. The molecule has 1 aromatic carbocycles. The normalized spacial score (nSPS) is 11.0. The second-order valence-electron chi connectivity index (χ2n) is 5.29. The maximum Gasteiger partial charge on any atom is 0.181 e. The molecule has 0 spiro atoms. The van der Waals surface area contributed by atoms with Crippen molar-refractivity contribution >= 4 is 16.7 Å². The van der Waals surface area contributed by atoms with Crippen molar-refractivity contribution in [1.29, 1.82) is 0 Å². The van der Waals surface area contributed by atoms with Gasteiger partial charge in [0, 0.05) is 25.1 Å². The van der Waals surface area contributed by atoms with Gasteiger partial charge >= 0.3 is 0 Å². The van der Waals surface area contributed by atoms with Crippen LogP contribution in [0.1, 0.15) is 28.0 Å². The van der Waals surface area contributed by atoms with E-state index in [0.717, 1.165) is 22.0 Å². The Labute approximate surface area is 123 Å². The Kier molecular flexibility index (Phi) is 3.52. The van der Waals surface area contributed by atoms with Crippen LogP contribution in [-0.4, -0.2) is 20.5 Å². The minimum absolute atomic E-state index is 0.0766. The van der Waals surface area contributed by atoms with Crippen molar-refractivity contribution in [3.63, 3.8) is 0 Å². The van der Waals surface area contributed by atoms with E-state index in [4.69, 9.17) is 0 Å². The molecule has 0 atom stereocenters. The van der Waals surface area contributed by atoms with Gasteiger partial charge in [-0.3, -0.25) is 9.48 Å². The smallest absolute Gasteiger partial charge is 0.181 e. The number of nitrogens with zero attached hydrogens (tertiary/aromatic N) is 3. The first-order valence-electron chi connectivity index (χ1n) is 7.00. The number of hydrogen-bond donors (Lipinski definition) is 0. The fourth-order valence-corrected chi connectivity index (χ4v) is 2.48. The van der Waals surface area contributed by atoms with Crippen LogP contribution in [0.15, 0.2) is 42.7 Å². The van der Waals surface area contributed by atoms with Crippen LogP contribution in [0, 0.1) is 6.92 Å². The fourth-order valence-electron chi connectivity index (χ4n) is 2.48. The Bertz CT molecular complexity index is 805. The summed E-state index contributed by atoms with van der Waals surface area (Å²) >= 11 is 0.